The Kier molecular flexibility index (Phi) is 13.5. The van der Waals surface area contributed by atoms with Crippen LogP contribution in [-0.2, 0) is 28.5 Å². The number of nitrogens with one attached hydrogen (secondary N) is 4. The van der Waals surface area contributed by atoms with Crippen LogP contribution < -0.4 is 10.6 Å². The van der Waals surface area contributed by atoms with E-state index in [4.69, 9.17) is 28.9 Å². The number of alkyl carbamates (subject to hydrolysis) is 2. The second-order valence-electron chi connectivity index (χ2n) is 17.1. The van der Waals surface area contributed by atoms with Crippen LogP contribution in [0.4, 0.5) is 9.59 Å². The second kappa shape index (κ2) is 18.9. The maximum atomic E-state index is 14.0. The van der Waals surface area contributed by atoms with Gasteiger partial charge in [0.15, 0.2) is 0 Å². The van der Waals surface area contributed by atoms with E-state index in [0.29, 0.717) is 50.8 Å². The van der Waals surface area contributed by atoms with Crippen molar-refractivity contribution in [2.75, 3.05) is 54.7 Å². The molecule has 0 aliphatic carbocycles. The summed E-state index contributed by atoms with van der Waals surface area (Å²) in [6.45, 7) is 9.55. The van der Waals surface area contributed by atoms with E-state index in [0.717, 1.165) is 44.2 Å². The third-order valence-electron chi connectivity index (χ3n) is 12.2. The van der Waals surface area contributed by atoms with Gasteiger partial charge in [0.05, 0.1) is 62.4 Å². The van der Waals surface area contributed by atoms with Crippen molar-refractivity contribution in [1.29, 1.82) is 0 Å². The van der Waals surface area contributed by atoms with Crippen molar-refractivity contribution >= 4 is 45.8 Å². The summed E-state index contributed by atoms with van der Waals surface area (Å²) in [5.41, 5.74) is 5.55. The van der Waals surface area contributed by atoms with Gasteiger partial charge in [-0.1, -0.05) is 70.2 Å². The molecule has 2 saturated heterocycles. The van der Waals surface area contributed by atoms with E-state index in [-0.39, 0.29) is 47.6 Å². The quantitative estimate of drug-likeness (QED) is 0.0946. The first-order chi connectivity index (χ1) is 29.8. The number of fused-ring (bicyclic) bond motifs is 3. The standard InChI is InChI=1S/C46H58N8O8/c1-25(2)38(51-45(57)61-7)43(55)53-21-27(23-59-5)17-36(53)41-47-20-35(49-41)30-11-9-29(10-12-30)31-13-15-33-32(19-31)14-16-34-40(33)50-42(48-34)37-18-28(24-60-6)22-54(37)44(56)39(26(3)4)52-46(58)62-8/h9-16,19-20,25-28,36-39H,17-18,21-24H2,1-8H3,(H,47,49)(H,48,50)(H,51,57)(H,52,58)/t27-,28-,36-,37-,38-,39-/m0/s1. The number of rotatable bonds is 14. The Labute approximate surface area is 361 Å². The van der Waals surface area contributed by atoms with Gasteiger partial charge in [-0.2, -0.15) is 0 Å². The minimum Gasteiger partial charge on any atom is -0.453 e. The van der Waals surface area contributed by atoms with Crippen molar-refractivity contribution in [3.63, 3.8) is 0 Å². The highest BCUT2D eigenvalue weighted by atomic mass is 16.5. The number of benzene rings is 3. The maximum Gasteiger partial charge on any atom is 0.407 e. The highest BCUT2D eigenvalue weighted by Crippen LogP contribution is 2.39. The predicted octanol–water partition coefficient (Wildman–Crippen LogP) is 6.61. The van der Waals surface area contributed by atoms with Crippen LogP contribution in [0.15, 0.2) is 60.8 Å². The molecule has 0 bridgehead atoms. The number of carbonyl (C=O) groups is 4. The summed E-state index contributed by atoms with van der Waals surface area (Å²) < 4.78 is 20.6. The maximum absolute atomic E-state index is 14.0. The molecule has 0 radical (unpaired) electrons. The van der Waals surface area contributed by atoms with Gasteiger partial charge in [-0.05, 0) is 58.9 Å². The number of likely N-dealkylation sites (tertiary alicyclic amines) is 2. The van der Waals surface area contributed by atoms with Gasteiger partial charge in [0.1, 0.15) is 23.7 Å². The highest BCUT2D eigenvalue weighted by Gasteiger charge is 2.43. The van der Waals surface area contributed by atoms with Crippen molar-refractivity contribution < 1.29 is 38.1 Å². The molecule has 0 saturated carbocycles. The molecule has 330 valence electrons. The summed E-state index contributed by atoms with van der Waals surface area (Å²) in [5, 5.41) is 7.49. The second-order valence-corrected chi connectivity index (χ2v) is 17.1. The molecule has 5 aromatic rings. The van der Waals surface area contributed by atoms with Crippen LogP contribution in [0.1, 0.15) is 64.3 Å². The molecule has 4 amide bonds. The zero-order chi connectivity index (χ0) is 44.2. The fraction of sp³-hybridized carbons (Fsp3) is 0.478. The van der Waals surface area contributed by atoms with E-state index < -0.39 is 24.3 Å². The van der Waals surface area contributed by atoms with Gasteiger partial charge in [0, 0.05) is 44.5 Å². The molecule has 16 heteroatoms. The summed E-state index contributed by atoms with van der Waals surface area (Å²) in [6.07, 6.45) is 1.84. The SMILES string of the molecule is COC[C@H]1C[C@@H](c2ncc(-c3ccc(-c4ccc5c(ccc6nc([C@@H]7C[C@H](COC)CN7C(=O)[C@@H](NC(=O)OC)C(C)C)[nH]c65)c4)cc3)[nH]2)N(C(=O)[C@@H](NC(=O)OC)C(C)C)C1. The largest absolute Gasteiger partial charge is 0.453 e. The molecule has 6 atom stereocenters. The van der Waals surface area contributed by atoms with Crippen molar-refractivity contribution in [3.8, 4) is 22.4 Å². The van der Waals surface area contributed by atoms with Crippen molar-refractivity contribution in [2.24, 2.45) is 23.7 Å². The first-order valence-corrected chi connectivity index (χ1v) is 21.2. The Morgan fingerprint density at radius 1 is 0.694 bits per heavy atom. The number of imidazole rings is 2. The number of methoxy groups -OCH3 is 4. The smallest absolute Gasteiger partial charge is 0.407 e. The van der Waals surface area contributed by atoms with Crippen LogP contribution in [-0.4, -0.2) is 121 Å². The minimum absolute atomic E-state index is 0.108. The summed E-state index contributed by atoms with van der Waals surface area (Å²) in [5.74, 6) is 0.918. The summed E-state index contributed by atoms with van der Waals surface area (Å²) in [7, 11) is 5.89. The molecule has 4 N–H and O–H groups in total. The van der Waals surface area contributed by atoms with Crippen molar-refractivity contribution in [3.05, 3.63) is 72.4 Å². The van der Waals surface area contributed by atoms with Crippen LogP contribution in [0.25, 0.3) is 44.2 Å². The van der Waals surface area contributed by atoms with Crippen LogP contribution in [0, 0.1) is 23.7 Å². The molecule has 0 unspecified atom stereocenters. The zero-order valence-electron chi connectivity index (χ0n) is 36.7. The molecule has 2 aliphatic rings. The Balaban J connectivity index is 1.10. The molecule has 7 rings (SSSR count). The van der Waals surface area contributed by atoms with Crippen molar-refractivity contribution in [1.82, 2.24) is 40.4 Å². The third-order valence-corrected chi connectivity index (χ3v) is 12.2. The van der Waals surface area contributed by atoms with E-state index in [2.05, 4.69) is 69.1 Å². The molecule has 2 aliphatic heterocycles. The number of H-pyrrole nitrogens is 2. The number of ether oxygens (including phenoxy) is 4. The number of carbonyl (C=O) groups excluding carboxylic acids is 4. The molecule has 3 aromatic carbocycles. The molecule has 62 heavy (non-hydrogen) atoms. The van der Waals surface area contributed by atoms with Crippen LogP contribution >= 0.6 is 0 Å². The number of hydrogen-bond acceptors (Lipinski definition) is 10. The van der Waals surface area contributed by atoms with Gasteiger partial charge < -0.3 is 49.3 Å². The normalized spacial score (nSPS) is 20.0. The van der Waals surface area contributed by atoms with E-state index >= 15 is 0 Å². The molecular weight excluding hydrogens is 793 g/mol. The molecule has 4 heterocycles. The lowest BCUT2D eigenvalue weighted by Gasteiger charge is -2.30. The number of nitrogens with zero attached hydrogens (tertiary/aromatic N) is 4. The number of hydrogen-bond donors (Lipinski definition) is 4. The zero-order valence-corrected chi connectivity index (χ0v) is 36.7. The number of amides is 4. The summed E-state index contributed by atoms with van der Waals surface area (Å²) in [6, 6.07) is 16.5. The third kappa shape index (κ3) is 9.12. The average Bonchev–Trinajstić information content (AvgIpc) is 4.10. The number of aromatic nitrogens is 4. The van der Waals surface area contributed by atoms with Gasteiger partial charge in [0.2, 0.25) is 11.8 Å². The lowest BCUT2D eigenvalue weighted by atomic mass is 9.99. The monoisotopic (exact) mass is 850 g/mol. The molecular formula is C46H58N8O8. The van der Waals surface area contributed by atoms with Crippen LogP contribution in [0.2, 0.25) is 0 Å². The first-order valence-electron chi connectivity index (χ1n) is 21.2. The van der Waals surface area contributed by atoms with Gasteiger partial charge in [-0.15, -0.1) is 0 Å². The van der Waals surface area contributed by atoms with E-state index in [1.165, 1.54) is 14.2 Å². The summed E-state index contributed by atoms with van der Waals surface area (Å²) in [4.78, 5) is 72.6. The van der Waals surface area contributed by atoms with Crippen LogP contribution in [0.3, 0.4) is 0 Å². The predicted molar refractivity (Wildman–Crippen MR) is 234 cm³/mol. The molecule has 2 fully saturated rings. The fourth-order valence-electron chi connectivity index (χ4n) is 8.98. The lowest BCUT2D eigenvalue weighted by molar-refractivity contribution is -0.136. The van der Waals surface area contributed by atoms with Gasteiger partial charge in [-0.25, -0.2) is 19.6 Å². The fourth-order valence-corrected chi connectivity index (χ4v) is 8.98. The Bertz CT molecular complexity index is 2390. The highest BCUT2D eigenvalue weighted by molar-refractivity contribution is 6.05. The lowest BCUT2D eigenvalue weighted by Crippen LogP contribution is -2.51. The molecule has 2 aromatic heterocycles. The average molecular weight is 851 g/mol. The van der Waals surface area contributed by atoms with Crippen molar-refractivity contribution in [2.45, 2.75) is 64.7 Å². The Morgan fingerprint density at radius 3 is 1.76 bits per heavy atom. The topological polar surface area (TPSA) is 193 Å². The Hall–Kier alpha value is -6.00. The van der Waals surface area contributed by atoms with E-state index in [1.54, 1.807) is 25.3 Å². The van der Waals surface area contributed by atoms with Gasteiger partial charge in [0.25, 0.3) is 0 Å². The van der Waals surface area contributed by atoms with Gasteiger partial charge >= 0.3 is 12.2 Å². The van der Waals surface area contributed by atoms with E-state index in [9.17, 15) is 19.2 Å². The number of aromatic amines is 2. The van der Waals surface area contributed by atoms with Gasteiger partial charge in [-0.3, -0.25) is 9.59 Å². The van der Waals surface area contributed by atoms with Crippen LogP contribution in [0.5, 0.6) is 0 Å². The van der Waals surface area contributed by atoms with E-state index in [1.807, 2.05) is 38.7 Å². The minimum atomic E-state index is -0.753. The molecule has 0 spiro atoms. The molecule has 16 nitrogen and oxygen atoms in total. The summed E-state index contributed by atoms with van der Waals surface area (Å²) >= 11 is 0. The first kappa shape index (κ1) is 44.1. The Morgan fingerprint density at radius 2 is 1.23 bits per heavy atom.